The van der Waals surface area contributed by atoms with Crippen LogP contribution in [0.5, 0.6) is 0 Å². The summed E-state index contributed by atoms with van der Waals surface area (Å²) in [6, 6.07) is 6.23. The lowest BCUT2D eigenvalue weighted by Gasteiger charge is -2.23. The summed E-state index contributed by atoms with van der Waals surface area (Å²) in [7, 11) is 1.51. The molecule has 0 aliphatic rings. The summed E-state index contributed by atoms with van der Waals surface area (Å²) in [6.45, 7) is 5.53. The van der Waals surface area contributed by atoms with E-state index in [4.69, 9.17) is 21.1 Å². The molecule has 1 amide bonds. The first-order valence-electron chi connectivity index (χ1n) is 6.98. The minimum atomic E-state index is -0.599. The molecule has 0 bridgehead atoms. The Morgan fingerprint density at radius 3 is 2.55 bits per heavy atom. The summed E-state index contributed by atoms with van der Waals surface area (Å²) in [4.78, 5) is 24.0. The monoisotopic (exact) mass is 327 g/mol. The third-order valence-electron chi connectivity index (χ3n) is 2.67. The lowest BCUT2D eigenvalue weighted by Crippen LogP contribution is -2.42. The Kier molecular flexibility index (Phi) is 6.84. The van der Waals surface area contributed by atoms with Gasteiger partial charge >= 0.3 is 6.09 Å². The molecule has 122 valence electrons. The molecule has 1 aromatic rings. The average Bonchev–Trinajstić information content (AvgIpc) is 2.36. The van der Waals surface area contributed by atoms with Crippen molar-refractivity contribution in [2.75, 3.05) is 13.7 Å². The molecule has 0 aliphatic heterocycles. The van der Waals surface area contributed by atoms with Crippen molar-refractivity contribution >= 4 is 23.5 Å². The van der Waals surface area contributed by atoms with Crippen LogP contribution < -0.4 is 5.32 Å². The second-order valence-electron chi connectivity index (χ2n) is 5.94. The first-order valence-corrected chi connectivity index (χ1v) is 7.36. The fraction of sp³-hybridized carbons (Fsp3) is 0.500. The van der Waals surface area contributed by atoms with E-state index >= 15 is 0 Å². The van der Waals surface area contributed by atoms with Crippen LogP contribution in [0.25, 0.3) is 0 Å². The largest absolute Gasteiger partial charge is 0.444 e. The summed E-state index contributed by atoms with van der Waals surface area (Å²) >= 11 is 5.88. The smallest absolute Gasteiger partial charge is 0.407 e. The maximum absolute atomic E-state index is 12.2. The van der Waals surface area contributed by atoms with Crippen LogP contribution in [0.15, 0.2) is 24.3 Å². The minimum Gasteiger partial charge on any atom is -0.444 e. The molecule has 0 radical (unpaired) electrons. The molecule has 1 aromatic carbocycles. The molecule has 1 rings (SSSR count). The van der Waals surface area contributed by atoms with Gasteiger partial charge in [-0.05, 0) is 32.9 Å². The molecule has 0 aromatic heterocycles. The number of amides is 1. The molecule has 0 spiro atoms. The fourth-order valence-corrected chi connectivity index (χ4v) is 2.02. The van der Waals surface area contributed by atoms with Crippen molar-refractivity contribution in [1.29, 1.82) is 0 Å². The van der Waals surface area contributed by atoms with Crippen molar-refractivity contribution in [2.24, 2.45) is 0 Å². The number of carbonyl (C=O) groups is 2. The van der Waals surface area contributed by atoms with Crippen LogP contribution in [0.3, 0.4) is 0 Å². The van der Waals surface area contributed by atoms with E-state index in [0.717, 1.165) is 0 Å². The molecule has 22 heavy (non-hydrogen) atoms. The summed E-state index contributed by atoms with van der Waals surface area (Å²) in [5.74, 6) is -0.124. The predicted octanol–water partition coefficient (Wildman–Crippen LogP) is 3.45. The molecule has 0 heterocycles. The predicted molar refractivity (Wildman–Crippen MR) is 85.4 cm³/mol. The number of carbonyl (C=O) groups excluding carboxylic acids is 2. The van der Waals surface area contributed by atoms with Gasteiger partial charge in [-0.25, -0.2) is 4.79 Å². The van der Waals surface area contributed by atoms with E-state index in [9.17, 15) is 9.59 Å². The second-order valence-corrected chi connectivity index (χ2v) is 6.37. The van der Waals surface area contributed by atoms with Crippen molar-refractivity contribution in [3.05, 3.63) is 34.9 Å². The molecular formula is C16H22ClNO4. The highest BCUT2D eigenvalue weighted by Crippen LogP contribution is 2.14. The van der Waals surface area contributed by atoms with Gasteiger partial charge in [0.1, 0.15) is 5.60 Å². The molecule has 0 aliphatic carbocycles. The Bertz CT molecular complexity index is 525. The molecule has 6 heteroatoms. The third kappa shape index (κ3) is 6.91. The summed E-state index contributed by atoms with van der Waals surface area (Å²) in [5, 5.41) is 3.14. The lowest BCUT2D eigenvalue weighted by atomic mass is 10.0. The molecule has 0 saturated heterocycles. The number of Topliss-reactive ketones (excluding diaryl/α,β-unsaturated/α-hetero) is 1. The van der Waals surface area contributed by atoms with Crippen LogP contribution in [0.1, 0.15) is 37.6 Å². The molecule has 0 saturated carbocycles. The van der Waals surface area contributed by atoms with E-state index in [-0.39, 0.29) is 18.8 Å². The maximum Gasteiger partial charge on any atom is 0.407 e. The van der Waals surface area contributed by atoms with Crippen LogP contribution in [0.4, 0.5) is 4.79 Å². The number of ketones is 1. The number of benzene rings is 1. The lowest BCUT2D eigenvalue weighted by molar-refractivity contribution is 0.0464. The molecule has 1 unspecified atom stereocenters. The van der Waals surface area contributed by atoms with Gasteiger partial charge in [-0.3, -0.25) is 4.79 Å². The summed E-state index contributed by atoms with van der Waals surface area (Å²) < 4.78 is 10.2. The van der Waals surface area contributed by atoms with Crippen molar-refractivity contribution in [2.45, 2.75) is 38.8 Å². The first-order chi connectivity index (χ1) is 10.2. The highest BCUT2D eigenvalue weighted by Gasteiger charge is 2.21. The Labute approximate surface area is 135 Å². The number of halogens is 1. The maximum atomic E-state index is 12.2. The topological polar surface area (TPSA) is 64.6 Å². The second kappa shape index (κ2) is 8.15. The van der Waals surface area contributed by atoms with Gasteiger partial charge in [0.05, 0.1) is 12.6 Å². The number of hydrogen-bond acceptors (Lipinski definition) is 4. The van der Waals surface area contributed by atoms with E-state index in [1.54, 1.807) is 45.0 Å². The third-order valence-corrected chi connectivity index (χ3v) is 2.90. The quantitative estimate of drug-likeness (QED) is 0.813. The van der Waals surface area contributed by atoms with Crippen molar-refractivity contribution < 1.29 is 19.1 Å². The van der Waals surface area contributed by atoms with Crippen LogP contribution >= 0.6 is 11.6 Å². The van der Waals surface area contributed by atoms with E-state index in [0.29, 0.717) is 10.6 Å². The molecule has 1 atom stereocenters. The Morgan fingerprint density at radius 1 is 1.32 bits per heavy atom. The SMILES string of the molecule is COCC(CC(=O)c1cccc(Cl)c1)NC(=O)OC(C)(C)C. The summed E-state index contributed by atoms with van der Waals surface area (Å²) in [6.07, 6.45) is -0.471. The molecule has 0 fully saturated rings. The number of ether oxygens (including phenoxy) is 2. The Morgan fingerprint density at radius 2 is 2.00 bits per heavy atom. The standard InChI is InChI=1S/C16H22ClNO4/c1-16(2,3)22-15(20)18-13(10-21-4)9-14(19)11-6-5-7-12(17)8-11/h5-8,13H,9-10H2,1-4H3,(H,18,20). The molecular weight excluding hydrogens is 306 g/mol. The normalized spacial score (nSPS) is 12.6. The van der Waals surface area contributed by atoms with Crippen molar-refractivity contribution in [3.8, 4) is 0 Å². The van der Waals surface area contributed by atoms with E-state index in [1.165, 1.54) is 7.11 Å². The summed E-state index contributed by atoms with van der Waals surface area (Å²) in [5.41, 5.74) is -0.0989. The number of methoxy groups -OCH3 is 1. The highest BCUT2D eigenvalue weighted by atomic mass is 35.5. The number of rotatable bonds is 6. The first kappa shape index (κ1) is 18.5. The van der Waals surface area contributed by atoms with Gasteiger partial charge in [0.2, 0.25) is 0 Å². The minimum absolute atomic E-state index is 0.105. The average molecular weight is 328 g/mol. The Balaban J connectivity index is 2.67. The zero-order valence-corrected chi connectivity index (χ0v) is 14.1. The fourth-order valence-electron chi connectivity index (χ4n) is 1.83. The van der Waals surface area contributed by atoms with Crippen LogP contribution in [-0.4, -0.2) is 37.2 Å². The Hall–Kier alpha value is -1.59. The number of alkyl carbamates (subject to hydrolysis) is 1. The van der Waals surface area contributed by atoms with E-state index in [2.05, 4.69) is 5.32 Å². The van der Waals surface area contributed by atoms with Gasteiger partial charge in [0.25, 0.3) is 0 Å². The van der Waals surface area contributed by atoms with Gasteiger partial charge in [0.15, 0.2) is 5.78 Å². The van der Waals surface area contributed by atoms with Crippen LogP contribution in [-0.2, 0) is 9.47 Å². The van der Waals surface area contributed by atoms with Gasteiger partial charge in [-0.15, -0.1) is 0 Å². The van der Waals surface area contributed by atoms with Crippen LogP contribution in [0.2, 0.25) is 5.02 Å². The van der Waals surface area contributed by atoms with Gasteiger partial charge in [-0.1, -0.05) is 23.7 Å². The van der Waals surface area contributed by atoms with E-state index in [1.807, 2.05) is 0 Å². The van der Waals surface area contributed by atoms with Crippen molar-refractivity contribution in [3.63, 3.8) is 0 Å². The van der Waals surface area contributed by atoms with Gasteiger partial charge in [-0.2, -0.15) is 0 Å². The van der Waals surface area contributed by atoms with E-state index < -0.39 is 17.7 Å². The van der Waals surface area contributed by atoms with Gasteiger partial charge < -0.3 is 14.8 Å². The van der Waals surface area contributed by atoms with Gasteiger partial charge in [0, 0.05) is 24.1 Å². The zero-order chi connectivity index (χ0) is 16.8. The molecule has 1 N–H and O–H groups in total. The van der Waals surface area contributed by atoms with Crippen LogP contribution in [0, 0.1) is 0 Å². The number of hydrogen-bond donors (Lipinski definition) is 1. The highest BCUT2D eigenvalue weighted by molar-refractivity contribution is 6.31. The number of nitrogens with one attached hydrogen (secondary N) is 1. The zero-order valence-electron chi connectivity index (χ0n) is 13.3. The van der Waals surface area contributed by atoms with Crippen molar-refractivity contribution in [1.82, 2.24) is 5.32 Å². The molecule has 5 nitrogen and oxygen atoms in total.